The third-order valence-corrected chi connectivity index (χ3v) is 3.17. The molecule has 0 heterocycles. The zero-order chi connectivity index (χ0) is 8.69. The summed E-state index contributed by atoms with van der Waals surface area (Å²) in [4.78, 5) is 8.92. The van der Waals surface area contributed by atoms with Crippen molar-refractivity contribution >= 4 is 8.03 Å². The van der Waals surface area contributed by atoms with Gasteiger partial charge in [-0.05, 0) is 12.8 Å². The van der Waals surface area contributed by atoms with Gasteiger partial charge >= 0.3 is 0 Å². The highest BCUT2D eigenvalue weighted by Gasteiger charge is 2.11. The highest BCUT2D eigenvalue weighted by molar-refractivity contribution is 7.38. The topological polar surface area (TPSA) is 37.3 Å². The lowest BCUT2D eigenvalue weighted by Gasteiger charge is -2.10. The van der Waals surface area contributed by atoms with Gasteiger partial charge in [0.1, 0.15) is 0 Å². The molecule has 2 unspecified atom stereocenters. The molecule has 0 aromatic heterocycles. The molecular formula is C8H19O2P. The zero-order valence-corrected chi connectivity index (χ0v) is 8.47. The van der Waals surface area contributed by atoms with Gasteiger partial charge in [0.15, 0.2) is 8.03 Å². The quantitative estimate of drug-likeness (QED) is 0.635. The van der Waals surface area contributed by atoms with E-state index in [1.165, 1.54) is 0 Å². The monoisotopic (exact) mass is 178 g/mol. The van der Waals surface area contributed by atoms with Crippen LogP contribution in [0.15, 0.2) is 0 Å². The second-order valence-electron chi connectivity index (χ2n) is 2.97. The van der Waals surface area contributed by atoms with E-state index in [-0.39, 0.29) is 5.66 Å². The van der Waals surface area contributed by atoms with Crippen LogP contribution in [0.1, 0.15) is 46.0 Å². The maximum Gasteiger partial charge on any atom is 0.192 e. The first kappa shape index (κ1) is 11.2. The van der Waals surface area contributed by atoms with E-state index in [2.05, 4.69) is 13.8 Å². The van der Waals surface area contributed by atoms with E-state index in [1.54, 1.807) is 0 Å². The molecule has 0 aliphatic carbocycles. The van der Waals surface area contributed by atoms with E-state index in [9.17, 15) is 4.57 Å². The van der Waals surface area contributed by atoms with E-state index in [1.807, 2.05) is 0 Å². The summed E-state index contributed by atoms with van der Waals surface area (Å²) >= 11 is 0. The van der Waals surface area contributed by atoms with Crippen molar-refractivity contribution in [3.05, 3.63) is 0 Å². The fraction of sp³-hybridized carbons (Fsp3) is 1.00. The summed E-state index contributed by atoms with van der Waals surface area (Å²) in [5, 5.41) is 0. The van der Waals surface area contributed by atoms with Gasteiger partial charge in [0.2, 0.25) is 0 Å². The molecule has 3 heteroatoms. The SMILES string of the molecule is CCCCC(CCC)[PH](=O)O. The first-order valence-electron chi connectivity index (χ1n) is 4.45. The van der Waals surface area contributed by atoms with Crippen molar-refractivity contribution in [2.24, 2.45) is 0 Å². The van der Waals surface area contributed by atoms with Crippen LogP contribution in [-0.4, -0.2) is 10.6 Å². The smallest absolute Gasteiger partial charge is 0.192 e. The van der Waals surface area contributed by atoms with Gasteiger partial charge < -0.3 is 4.89 Å². The number of unbranched alkanes of at least 4 members (excludes halogenated alkanes) is 1. The average Bonchev–Trinajstić information content (AvgIpc) is 1.97. The maximum atomic E-state index is 10.8. The highest BCUT2D eigenvalue weighted by Crippen LogP contribution is 2.30. The van der Waals surface area contributed by atoms with Gasteiger partial charge in [-0.25, -0.2) is 0 Å². The Hall–Kier alpha value is 0.190. The van der Waals surface area contributed by atoms with Crippen LogP contribution < -0.4 is 0 Å². The lowest BCUT2D eigenvalue weighted by molar-refractivity contribution is 0.472. The van der Waals surface area contributed by atoms with Gasteiger partial charge in [-0.2, -0.15) is 0 Å². The van der Waals surface area contributed by atoms with Crippen LogP contribution in [0.2, 0.25) is 0 Å². The Labute approximate surface area is 69.9 Å². The van der Waals surface area contributed by atoms with E-state index >= 15 is 0 Å². The van der Waals surface area contributed by atoms with E-state index < -0.39 is 8.03 Å². The largest absolute Gasteiger partial charge is 0.346 e. The second kappa shape index (κ2) is 6.87. The molecule has 68 valence electrons. The van der Waals surface area contributed by atoms with E-state index in [0.29, 0.717) is 0 Å². The van der Waals surface area contributed by atoms with Crippen LogP contribution in [0.5, 0.6) is 0 Å². The van der Waals surface area contributed by atoms with Gasteiger partial charge in [0, 0.05) is 5.66 Å². The van der Waals surface area contributed by atoms with Crippen LogP contribution in [0.4, 0.5) is 0 Å². The zero-order valence-electron chi connectivity index (χ0n) is 7.47. The molecule has 0 bridgehead atoms. The molecule has 0 aliphatic heterocycles. The van der Waals surface area contributed by atoms with Crippen molar-refractivity contribution in [2.45, 2.75) is 51.6 Å². The fourth-order valence-corrected chi connectivity index (χ4v) is 2.18. The van der Waals surface area contributed by atoms with Gasteiger partial charge in [-0.15, -0.1) is 0 Å². The highest BCUT2D eigenvalue weighted by atomic mass is 31.1. The predicted molar refractivity (Wildman–Crippen MR) is 49.4 cm³/mol. The molecule has 0 rings (SSSR count). The molecule has 0 saturated heterocycles. The molecule has 0 saturated carbocycles. The summed E-state index contributed by atoms with van der Waals surface area (Å²) in [7, 11) is -2.26. The van der Waals surface area contributed by atoms with Gasteiger partial charge in [-0.3, -0.25) is 4.57 Å². The summed E-state index contributed by atoms with van der Waals surface area (Å²) in [6.07, 6.45) is 5.06. The molecule has 2 nitrogen and oxygen atoms in total. The Bertz CT molecular complexity index is 115. The Kier molecular flexibility index (Phi) is 6.99. The average molecular weight is 178 g/mol. The molecule has 0 aromatic carbocycles. The molecular weight excluding hydrogens is 159 g/mol. The minimum atomic E-state index is -2.26. The van der Waals surface area contributed by atoms with Crippen molar-refractivity contribution < 1.29 is 9.46 Å². The first-order valence-corrected chi connectivity index (χ1v) is 5.88. The minimum absolute atomic E-state index is 0.0879. The van der Waals surface area contributed by atoms with E-state index in [4.69, 9.17) is 4.89 Å². The van der Waals surface area contributed by atoms with Gasteiger partial charge in [0.05, 0.1) is 0 Å². The number of hydrogen-bond acceptors (Lipinski definition) is 1. The molecule has 0 aromatic rings. The fourth-order valence-electron chi connectivity index (χ4n) is 1.19. The lowest BCUT2D eigenvalue weighted by atomic mass is 10.1. The Morgan fingerprint density at radius 2 is 1.91 bits per heavy atom. The third kappa shape index (κ3) is 5.46. The van der Waals surface area contributed by atoms with Crippen LogP contribution in [0.3, 0.4) is 0 Å². The molecule has 0 radical (unpaired) electrons. The molecule has 0 aliphatic rings. The summed E-state index contributed by atoms with van der Waals surface area (Å²) in [6, 6.07) is 0. The molecule has 0 amide bonds. The van der Waals surface area contributed by atoms with Crippen molar-refractivity contribution in [1.82, 2.24) is 0 Å². The lowest BCUT2D eigenvalue weighted by Crippen LogP contribution is -2.00. The Balaban J connectivity index is 3.60. The van der Waals surface area contributed by atoms with Crippen molar-refractivity contribution in [2.75, 3.05) is 0 Å². The maximum absolute atomic E-state index is 10.8. The Morgan fingerprint density at radius 3 is 2.27 bits per heavy atom. The standard InChI is InChI=1S/C8H19O2P/c1-3-5-7-8(6-4-2)11(9)10/h8,11H,3-7H2,1-2H3,(H,9,10). The minimum Gasteiger partial charge on any atom is -0.346 e. The Morgan fingerprint density at radius 1 is 1.27 bits per heavy atom. The molecule has 0 spiro atoms. The van der Waals surface area contributed by atoms with Crippen LogP contribution in [-0.2, 0) is 4.57 Å². The van der Waals surface area contributed by atoms with Crippen LogP contribution in [0.25, 0.3) is 0 Å². The molecule has 1 N–H and O–H groups in total. The summed E-state index contributed by atoms with van der Waals surface area (Å²) in [6.45, 7) is 4.17. The van der Waals surface area contributed by atoms with Crippen molar-refractivity contribution in [1.29, 1.82) is 0 Å². The first-order chi connectivity index (χ1) is 5.22. The normalized spacial score (nSPS) is 16.3. The number of hydrogen-bond donors (Lipinski definition) is 1. The third-order valence-electron chi connectivity index (χ3n) is 1.89. The van der Waals surface area contributed by atoms with Gasteiger partial charge in [-0.1, -0.05) is 33.1 Å². The van der Waals surface area contributed by atoms with Crippen LogP contribution in [0, 0.1) is 0 Å². The van der Waals surface area contributed by atoms with E-state index in [0.717, 1.165) is 32.1 Å². The van der Waals surface area contributed by atoms with Gasteiger partial charge in [0.25, 0.3) is 0 Å². The summed E-state index contributed by atoms with van der Waals surface area (Å²) in [5.41, 5.74) is 0.0879. The number of rotatable bonds is 6. The van der Waals surface area contributed by atoms with Crippen LogP contribution >= 0.6 is 8.03 Å². The van der Waals surface area contributed by atoms with Crippen molar-refractivity contribution in [3.63, 3.8) is 0 Å². The summed E-state index contributed by atoms with van der Waals surface area (Å²) in [5.74, 6) is 0. The molecule has 0 fully saturated rings. The summed E-state index contributed by atoms with van der Waals surface area (Å²) < 4.78 is 10.8. The molecule has 11 heavy (non-hydrogen) atoms. The second-order valence-corrected chi connectivity index (χ2v) is 4.46. The van der Waals surface area contributed by atoms with Crippen molar-refractivity contribution in [3.8, 4) is 0 Å². The predicted octanol–water partition coefficient (Wildman–Crippen LogP) is 2.81. The molecule has 2 atom stereocenters.